The smallest absolute Gasteiger partial charge is 0.306 e. The highest BCUT2D eigenvalue weighted by Gasteiger charge is 2.19. The molecule has 0 aliphatic heterocycles. The molecule has 1 atom stereocenters. The highest BCUT2D eigenvalue weighted by molar-refractivity contribution is 5.71. The van der Waals surface area contributed by atoms with E-state index in [1.807, 2.05) is 0 Å². The minimum absolute atomic E-state index is 0.0673. The van der Waals surface area contributed by atoms with E-state index in [-0.39, 0.29) is 31.1 Å². The van der Waals surface area contributed by atoms with Crippen LogP contribution in [0.15, 0.2) is 12.2 Å². The van der Waals surface area contributed by atoms with Crippen LogP contribution in [-0.4, -0.2) is 37.2 Å². The summed E-state index contributed by atoms with van der Waals surface area (Å²) in [6, 6.07) is 0. The molecule has 0 heterocycles. The summed E-state index contributed by atoms with van der Waals surface area (Å²) in [7, 11) is 0. The zero-order valence-corrected chi connectivity index (χ0v) is 39.8. The van der Waals surface area contributed by atoms with Crippen LogP contribution in [-0.2, 0) is 28.6 Å². The zero-order valence-electron chi connectivity index (χ0n) is 39.8. The van der Waals surface area contributed by atoms with Crippen molar-refractivity contribution in [1.82, 2.24) is 0 Å². The van der Waals surface area contributed by atoms with Crippen molar-refractivity contribution >= 4 is 17.9 Å². The summed E-state index contributed by atoms with van der Waals surface area (Å²) in [5, 5.41) is 0. The molecule has 0 aliphatic carbocycles. The van der Waals surface area contributed by atoms with Gasteiger partial charge >= 0.3 is 17.9 Å². The Morgan fingerprint density at radius 3 is 0.847 bits per heavy atom. The second-order valence-corrected chi connectivity index (χ2v) is 17.8. The summed E-state index contributed by atoms with van der Waals surface area (Å²) in [5.41, 5.74) is 0. The van der Waals surface area contributed by atoms with Crippen molar-refractivity contribution in [3.05, 3.63) is 12.2 Å². The molecule has 0 rings (SSSR count). The summed E-state index contributed by atoms with van der Waals surface area (Å²) < 4.78 is 16.7. The van der Waals surface area contributed by atoms with E-state index in [0.29, 0.717) is 19.3 Å². The molecule has 0 bridgehead atoms. The Hall–Kier alpha value is -1.85. The lowest BCUT2D eigenvalue weighted by Crippen LogP contribution is -2.30. The Morgan fingerprint density at radius 1 is 0.322 bits per heavy atom. The van der Waals surface area contributed by atoms with Gasteiger partial charge in [0.1, 0.15) is 13.2 Å². The maximum atomic E-state index is 12.7. The number of carbonyl (C=O) groups excluding carboxylic acids is 3. The molecular formula is C53H100O6. The Morgan fingerprint density at radius 2 is 0.559 bits per heavy atom. The maximum absolute atomic E-state index is 12.7. The number of carbonyl (C=O) groups is 3. The number of rotatable bonds is 48. The van der Waals surface area contributed by atoms with Gasteiger partial charge in [0.15, 0.2) is 6.10 Å². The van der Waals surface area contributed by atoms with Gasteiger partial charge in [0, 0.05) is 19.3 Å². The van der Waals surface area contributed by atoms with Crippen LogP contribution in [0, 0.1) is 0 Å². The van der Waals surface area contributed by atoms with E-state index in [0.717, 1.165) is 57.8 Å². The molecule has 0 aromatic carbocycles. The van der Waals surface area contributed by atoms with E-state index in [1.54, 1.807) is 0 Å². The molecule has 0 fully saturated rings. The molecule has 6 heteroatoms. The predicted octanol–water partition coefficient (Wildman–Crippen LogP) is 17.0. The van der Waals surface area contributed by atoms with E-state index in [4.69, 9.17) is 14.2 Å². The fourth-order valence-corrected chi connectivity index (χ4v) is 7.79. The molecule has 0 saturated heterocycles. The standard InChI is InChI=1S/C53H100O6/c1-4-7-10-13-16-18-20-22-24-26-28-29-31-33-35-37-40-43-46-52(55)58-49-50(48-57-51(54)45-42-39-15-12-9-6-3)59-53(56)47-44-41-38-36-34-32-30-27-25-23-21-19-17-14-11-8-5-2/h23,25,50H,4-22,24,26-49H2,1-3H3/b25-23-. The molecule has 0 spiro atoms. The lowest BCUT2D eigenvalue weighted by molar-refractivity contribution is -0.167. The summed E-state index contributed by atoms with van der Waals surface area (Å²) in [6.07, 6.45) is 53.6. The number of unbranched alkanes of at least 4 members (excludes halogenated alkanes) is 35. The number of esters is 3. The quantitative estimate of drug-likeness (QED) is 0.0263. The first-order valence-corrected chi connectivity index (χ1v) is 26.2. The summed E-state index contributed by atoms with van der Waals surface area (Å²) in [5.74, 6) is -0.865. The lowest BCUT2D eigenvalue weighted by atomic mass is 10.0. The highest BCUT2D eigenvalue weighted by Crippen LogP contribution is 2.16. The molecule has 0 aliphatic rings. The molecule has 348 valence electrons. The Bertz CT molecular complexity index is 916. The van der Waals surface area contributed by atoms with E-state index in [1.165, 1.54) is 193 Å². The molecule has 0 N–H and O–H groups in total. The van der Waals surface area contributed by atoms with Crippen LogP contribution in [0.3, 0.4) is 0 Å². The Labute approximate surface area is 367 Å². The number of ether oxygens (including phenoxy) is 3. The van der Waals surface area contributed by atoms with Gasteiger partial charge in [0.05, 0.1) is 0 Å². The SMILES string of the molecule is CCCCCCCC/C=C\CCCCCCCCCC(=O)OC(COC(=O)CCCCCCCC)COC(=O)CCCCCCCCCCCCCCCCCCCC. The summed E-state index contributed by atoms with van der Waals surface area (Å²) >= 11 is 0. The lowest BCUT2D eigenvalue weighted by Gasteiger charge is -2.18. The second kappa shape index (κ2) is 48.8. The molecular weight excluding hydrogens is 733 g/mol. The van der Waals surface area contributed by atoms with E-state index >= 15 is 0 Å². The minimum atomic E-state index is -0.764. The molecule has 0 radical (unpaired) electrons. The van der Waals surface area contributed by atoms with Crippen LogP contribution in [0.2, 0.25) is 0 Å². The molecule has 59 heavy (non-hydrogen) atoms. The normalized spacial score (nSPS) is 12.0. The Kier molecular flexibility index (Phi) is 47.3. The van der Waals surface area contributed by atoms with E-state index < -0.39 is 6.10 Å². The van der Waals surface area contributed by atoms with Gasteiger partial charge in [0.2, 0.25) is 0 Å². The average Bonchev–Trinajstić information content (AvgIpc) is 3.23. The first-order valence-electron chi connectivity index (χ1n) is 26.2. The number of hydrogen-bond donors (Lipinski definition) is 0. The van der Waals surface area contributed by atoms with Crippen molar-refractivity contribution in [2.24, 2.45) is 0 Å². The van der Waals surface area contributed by atoms with Gasteiger partial charge in [-0.25, -0.2) is 0 Å². The third kappa shape index (κ3) is 47.1. The molecule has 1 unspecified atom stereocenters. The van der Waals surface area contributed by atoms with Gasteiger partial charge in [-0.1, -0.05) is 238 Å². The van der Waals surface area contributed by atoms with Crippen molar-refractivity contribution in [2.75, 3.05) is 13.2 Å². The van der Waals surface area contributed by atoms with Crippen LogP contribution in [0.25, 0.3) is 0 Å². The van der Waals surface area contributed by atoms with E-state index in [2.05, 4.69) is 32.9 Å². The van der Waals surface area contributed by atoms with Gasteiger partial charge < -0.3 is 14.2 Å². The van der Waals surface area contributed by atoms with Crippen LogP contribution in [0.4, 0.5) is 0 Å². The van der Waals surface area contributed by atoms with Gasteiger partial charge in [-0.15, -0.1) is 0 Å². The molecule has 0 amide bonds. The van der Waals surface area contributed by atoms with Crippen molar-refractivity contribution in [3.8, 4) is 0 Å². The topological polar surface area (TPSA) is 78.9 Å². The molecule has 0 saturated carbocycles. The van der Waals surface area contributed by atoms with Gasteiger partial charge in [0.25, 0.3) is 0 Å². The molecule has 0 aromatic heterocycles. The molecule has 0 aromatic rings. The third-order valence-corrected chi connectivity index (χ3v) is 11.8. The highest BCUT2D eigenvalue weighted by atomic mass is 16.6. The fraction of sp³-hybridized carbons (Fsp3) is 0.906. The molecule has 6 nitrogen and oxygen atoms in total. The maximum Gasteiger partial charge on any atom is 0.306 e. The largest absolute Gasteiger partial charge is 0.462 e. The summed E-state index contributed by atoms with van der Waals surface area (Å²) in [4.78, 5) is 37.7. The van der Waals surface area contributed by atoms with Crippen molar-refractivity contribution in [2.45, 2.75) is 297 Å². The van der Waals surface area contributed by atoms with Crippen molar-refractivity contribution < 1.29 is 28.6 Å². The zero-order chi connectivity index (χ0) is 43.0. The van der Waals surface area contributed by atoms with Crippen LogP contribution in [0.1, 0.15) is 290 Å². The first kappa shape index (κ1) is 57.1. The van der Waals surface area contributed by atoms with Crippen molar-refractivity contribution in [3.63, 3.8) is 0 Å². The minimum Gasteiger partial charge on any atom is -0.462 e. The number of hydrogen-bond acceptors (Lipinski definition) is 6. The third-order valence-electron chi connectivity index (χ3n) is 11.8. The van der Waals surface area contributed by atoms with Gasteiger partial charge in [-0.05, 0) is 44.9 Å². The average molecular weight is 833 g/mol. The van der Waals surface area contributed by atoms with Gasteiger partial charge in [-0.3, -0.25) is 14.4 Å². The Balaban J connectivity index is 4.16. The van der Waals surface area contributed by atoms with Crippen LogP contribution < -0.4 is 0 Å². The van der Waals surface area contributed by atoms with Crippen LogP contribution >= 0.6 is 0 Å². The van der Waals surface area contributed by atoms with E-state index in [9.17, 15) is 14.4 Å². The predicted molar refractivity (Wildman–Crippen MR) is 252 cm³/mol. The number of allylic oxidation sites excluding steroid dienone is 2. The van der Waals surface area contributed by atoms with Gasteiger partial charge in [-0.2, -0.15) is 0 Å². The van der Waals surface area contributed by atoms with Crippen molar-refractivity contribution in [1.29, 1.82) is 0 Å². The monoisotopic (exact) mass is 833 g/mol. The first-order chi connectivity index (χ1) is 29.0. The summed E-state index contributed by atoms with van der Waals surface area (Å²) in [6.45, 7) is 6.61. The van der Waals surface area contributed by atoms with Crippen LogP contribution in [0.5, 0.6) is 0 Å². The fourth-order valence-electron chi connectivity index (χ4n) is 7.79. The second-order valence-electron chi connectivity index (χ2n) is 17.8.